The minimum absolute atomic E-state index is 0.135. The molecule has 0 atom stereocenters. The molecule has 0 bridgehead atoms. The van der Waals surface area contributed by atoms with Crippen LogP contribution >= 0.6 is 0 Å². The van der Waals surface area contributed by atoms with Gasteiger partial charge in [0.2, 0.25) is 0 Å². The van der Waals surface area contributed by atoms with Crippen LogP contribution in [0.5, 0.6) is 0 Å². The molecule has 2 aliphatic rings. The number of hydroxylamine groups is 2. The van der Waals surface area contributed by atoms with Crippen LogP contribution in [0.15, 0.2) is 28.8 Å². The zero-order valence-electron chi connectivity index (χ0n) is 17.3. The van der Waals surface area contributed by atoms with Crippen molar-refractivity contribution < 1.29 is 9.63 Å². The minimum Gasteiger partial charge on any atom is -0.387 e. The number of fused-ring (bicyclic) bond motifs is 1. The molecular weight excluding hydrogens is 352 g/mol. The molecule has 3 rings (SSSR count). The number of carbonyl (C=O) groups excluding carboxylic acids is 1. The Hall–Kier alpha value is -2.34. The van der Waals surface area contributed by atoms with Crippen LogP contribution in [0.1, 0.15) is 52.0 Å². The van der Waals surface area contributed by atoms with Crippen molar-refractivity contribution in [2.75, 3.05) is 31.1 Å². The zero-order chi connectivity index (χ0) is 20.1. The number of amides is 1. The second-order valence-corrected chi connectivity index (χ2v) is 7.69. The lowest BCUT2D eigenvalue weighted by atomic mass is 9.98. The molecule has 2 N–H and O–H groups in total. The Kier molecular flexibility index (Phi) is 6.73. The van der Waals surface area contributed by atoms with Gasteiger partial charge in [0.25, 0.3) is 5.91 Å². The maximum absolute atomic E-state index is 12.9. The van der Waals surface area contributed by atoms with Crippen LogP contribution in [0.2, 0.25) is 0 Å². The lowest BCUT2D eigenvalue weighted by molar-refractivity contribution is -0.180. The topological polar surface area (TPSA) is 71.2 Å². The van der Waals surface area contributed by atoms with Crippen molar-refractivity contribution in [3.05, 3.63) is 29.3 Å². The number of amidine groups is 1. The smallest absolute Gasteiger partial charge is 0.273 e. The zero-order valence-corrected chi connectivity index (χ0v) is 17.3. The summed E-state index contributed by atoms with van der Waals surface area (Å²) < 4.78 is 0. The molecule has 6 heteroatoms. The van der Waals surface area contributed by atoms with E-state index in [4.69, 9.17) is 10.6 Å². The summed E-state index contributed by atoms with van der Waals surface area (Å²) in [6, 6.07) is 6.26. The van der Waals surface area contributed by atoms with E-state index in [1.54, 1.807) is 0 Å². The number of nitrogens with two attached hydrogens (primary N) is 1. The van der Waals surface area contributed by atoms with Gasteiger partial charge >= 0.3 is 0 Å². The van der Waals surface area contributed by atoms with E-state index >= 15 is 0 Å². The Bertz CT molecular complexity index is 758. The number of piperidine rings is 1. The molecule has 152 valence electrons. The van der Waals surface area contributed by atoms with Crippen LogP contribution in [0.25, 0.3) is 6.08 Å². The van der Waals surface area contributed by atoms with Gasteiger partial charge in [-0.3, -0.25) is 9.63 Å². The average molecular weight is 385 g/mol. The summed E-state index contributed by atoms with van der Waals surface area (Å²) >= 11 is 0. The van der Waals surface area contributed by atoms with Crippen molar-refractivity contribution in [1.29, 1.82) is 0 Å². The highest BCUT2D eigenvalue weighted by Crippen LogP contribution is 2.32. The average Bonchev–Trinajstić information content (AvgIpc) is 2.85. The number of anilines is 1. The molecule has 6 nitrogen and oxygen atoms in total. The number of benzene rings is 1. The first kappa shape index (κ1) is 20.4. The number of hydrogen-bond donors (Lipinski definition) is 1. The molecule has 0 saturated carbocycles. The summed E-state index contributed by atoms with van der Waals surface area (Å²) in [4.78, 5) is 25.5. The lowest BCUT2D eigenvalue weighted by Gasteiger charge is -2.32. The molecule has 0 aliphatic carbocycles. The first-order valence-corrected chi connectivity index (χ1v) is 10.4. The van der Waals surface area contributed by atoms with Crippen LogP contribution in [0, 0.1) is 5.92 Å². The minimum atomic E-state index is -0.135. The van der Waals surface area contributed by atoms with Crippen LogP contribution in [0.3, 0.4) is 0 Å². The third kappa shape index (κ3) is 4.73. The van der Waals surface area contributed by atoms with Gasteiger partial charge in [-0.05, 0) is 50.3 Å². The number of hydrogen-bond acceptors (Lipinski definition) is 5. The van der Waals surface area contributed by atoms with E-state index in [2.05, 4.69) is 28.9 Å². The van der Waals surface area contributed by atoms with Gasteiger partial charge in [-0.15, -0.1) is 0 Å². The SMILES string of the molecule is CCCN(OCC)C(=O)C1=Cc2ccc(N3CCC(C)CC3)cc2N=C(N)C1. The second-order valence-electron chi connectivity index (χ2n) is 7.69. The summed E-state index contributed by atoms with van der Waals surface area (Å²) in [7, 11) is 0. The highest BCUT2D eigenvalue weighted by Gasteiger charge is 2.23. The van der Waals surface area contributed by atoms with E-state index in [0.717, 1.165) is 36.7 Å². The third-order valence-electron chi connectivity index (χ3n) is 5.34. The Morgan fingerprint density at radius 3 is 2.75 bits per heavy atom. The summed E-state index contributed by atoms with van der Waals surface area (Å²) in [6.45, 7) is 9.36. The van der Waals surface area contributed by atoms with Crippen molar-refractivity contribution in [2.24, 2.45) is 16.6 Å². The van der Waals surface area contributed by atoms with E-state index < -0.39 is 0 Å². The van der Waals surface area contributed by atoms with Gasteiger partial charge in [0, 0.05) is 42.9 Å². The molecule has 0 spiro atoms. The first-order valence-electron chi connectivity index (χ1n) is 10.4. The van der Waals surface area contributed by atoms with Crippen molar-refractivity contribution >= 4 is 29.2 Å². The Morgan fingerprint density at radius 2 is 2.07 bits per heavy atom. The Labute approximate surface area is 168 Å². The molecule has 1 saturated heterocycles. The summed E-state index contributed by atoms with van der Waals surface area (Å²) in [5.41, 5.74) is 9.69. The molecule has 1 amide bonds. The van der Waals surface area contributed by atoms with Crippen LogP contribution < -0.4 is 10.6 Å². The maximum Gasteiger partial charge on any atom is 0.273 e. The molecule has 1 aromatic carbocycles. The molecule has 2 aliphatic heterocycles. The normalized spacial score (nSPS) is 17.5. The highest BCUT2D eigenvalue weighted by molar-refractivity contribution is 6.05. The molecule has 0 radical (unpaired) electrons. The molecule has 0 unspecified atom stereocenters. The molecule has 1 fully saturated rings. The maximum atomic E-state index is 12.9. The van der Waals surface area contributed by atoms with Crippen molar-refractivity contribution in [3.63, 3.8) is 0 Å². The lowest BCUT2D eigenvalue weighted by Crippen LogP contribution is -2.34. The van der Waals surface area contributed by atoms with E-state index in [1.807, 2.05) is 26.0 Å². The Morgan fingerprint density at radius 1 is 1.32 bits per heavy atom. The van der Waals surface area contributed by atoms with Gasteiger partial charge in [0.05, 0.1) is 12.3 Å². The summed E-state index contributed by atoms with van der Waals surface area (Å²) in [5.74, 6) is 1.11. The number of nitrogens with zero attached hydrogens (tertiary/aromatic N) is 3. The predicted molar refractivity (Wildman–Crippen MR) is 115 cm³/mol. The van der Waals surface area contributed by atoms with Gasteiger partial charge in [-0.2, -0.15) is 0 Å². The van der Waals surface area contributed by atoms with Crippen molar-refractivity contribution in [1.82, 2.24) is 5.06 Å². The molecule has 0 aromatic heterocycles. The molecule has 28 heavy (non-hydrogen) atoms. The number of carbonyl (C=O) groups is 1. The van der Waals surface area contributed by atoms with Gasteiger partial charge in [0.1, 0.15) is 5.84 Å². The van der Waals surface area contributed by atoms with Gasteiger partial charge < -0.3 is 10.6 Å². The fraction of sp³-hybridized carbons (Fsp3) is 0.545. The van der Waals surface area contributed by atoms with Gasteiger partial charge in [0.15, 0.2) is 0 Å². The van der Waals surface area contributed by atoms with Crippen molar-refractivity contribution in [3.8, 4) is 0 Å². The second kappa shape index (κ2) is 9.24. The summed E-state index contributed by atoms with van der Waals surface area (Å²) in [5, 5.41) is 1.44. The highest BCUT2D eigenvalue weighted by atomic mass is 16.7. The molecule has 1 aromatic rings. The number of aliphatic imine (C=N–C) groups is 1. The largest absolute Gasteiger partial charge is 0.387 e. The fourth-order valence-corrected chi connectivity index (χ4v) is 3.72. The monoisotopic (exact) mass is 384 g/mol. The molecular formula is C22H32N4O2. The van der Waals surface area contributed by atoms with Crippen LogP contribution in [-0.2, 0) is 9.63 Å². The van der Waals surface area contributed by atoms with E-state index in [-0.39, 0.29) is 5.91 Å². The van der Waals surface area contributed by atoms with Crippen LogP contribution in [0.4, 0.5) is 11.4 Å². The van der Waals surface area contributed by atoms with E-state index in [9.17, 15) is 4.79 Å². The quantitative estimate of drug-likeness (QED) is 0.756. The predicted octanol–water partition coefficient (Wildman–Crippen LogP) is 3.89. The first-order chi connectivity index (χ1) is 13.5. The number of rotatable bonds is 6. The van der Waals surface area contributed by atoms with Gasteiger partial charge in [-0.25, -0.2) is 10.1 Å². The standard InChI is InChI=1S/C22H32N4O2/c1-4-10-26(28-5-2)22(27)18-13-17-6-7-19(15-20(17)24-21(23)14-18)25-11-8-16(3)9-12-25/h6-7,13,15-16H,4-5,8-12,14H2,1-3H3,(H2,23,24). The fourth-order valence-electron chi connectivity index (χ4n) is 3.72. The van der Waals surface area contributed by atoms with E-state index in [0.29, 0.717) is 31.0 Å². The Balaban J connectivity index is 1.87. The van der Waals surface area contributed by atoms with Crippen LogP contribution in [-0.4, -0.2) is 43.0 Å². The van der Waals surface area contributed by atoms with Crippen molar-refractivity contribution in [2.45, 2.75) is 46.5 Å². The summed E-state index contributed by atoms with van der Waals surface area (Å²) in [6.07, 6.45) is 5.50. The van der Waals surface area contributed by atoms with E-state index in [1.165, 1.54) is 23.6 Å². The third-order valence-corrected chi connectivity index (χ3v) is 5.34. The molecule has 2 heterocycles. The van der Waals surface area contributed by atoms with Gasteiger partial charge in [-0.1, -0.05) is 19.9 Å².